The number of ether oxygens (including phenoxy) is 1. The highest BCUT2D eigenvalue weighted by Crippen LogP contribution is 2.35. The molecule has 0 bridgehead atoms. The highest BCUT2D eigenvalue weighted by molar-refractivity contribution is 5.94. The minimum Gasteiger partial charge on any atom is -0.508 e. The molecule has 0 aromatic heterocycles. The lowest BCUT2D eigenvalue weighted by molar-refractivity contribution is -0.143. The van der Waals surface area contributed by atoms with Crippen LogP contribution in [-0.2, 0) is 16.1 Å². The molecule has 0 radical (unpaired) electrons. The summed E-state index contributed by atoms with van der Waals surface area (Å²) in [7, 11) is 0. The lowest BCUT2D eigenvalue weighted by Gasteiger charge is -2.47. The second-order valence-electron chi connectivity index (χ2n) is 13.3. The zero-order chi connectivity index (χ0) is 34.0. The fourth-order valence-corrected chi connectivity index (χ4v) is 7.20. The molecule has 8 nitrogen and oxygen atoms in total. The number of hydrogen-bond acceptors (Lipinski definition) is 7. The van der Waals surface area contributed by atoms with Crippen LogP contribution in [0.3, 0.4) is 0 Å². The van der Waals surface area contributed by atoms with Crippen molar-refractivity contribution in [1.29, 1.82) is 0 Å². The summed E-state index contributed by atoms with van der Waals surface area (Å²) in [6, 6.07) is 22.5. The third kappa shape index (κ3) is 9.43. The van der Waals surface area contributed by atoms with Gasteiger partial charge < -0.3 is 19.6 Å². The van der Waals surface area contributed by atoms with Gasteiger partial charge in [0.05, 0.1) is 12.6 Å². The number of carbonyl (C=O) groups is 2. The molecule has 3 aromatic carbocycles. The summed E-state index contributed by atoms with van der Waals surface area (Å²) < 4.78 is 19.0. The van der Waals surface area contributed by atoms with Gasteiger partial charge in [0, 0.05) is 63.3 Å². The number of halogens is 1. The second-order valence-corrected chi connectivity index (χ2v) is 13.3. The zero-order valence-corrected chi connectivity index (χ0v) is 28.7. The van der Waals surface area contributed by atoms with Crippen LogP contribution in [0.5, 0.6) is 5.75 Å². The number of hydrogen-bond donors (Lipinski definition) is 1. The number of phenols is 1. The SMILES string of the molecule is CCOC(=O)CCCCN1CCCN(C(=O)c2cccc(C(c3cccc(O)c3)N3C[C@@H](C)N(Cc4cccc(F)c4)C[C@@H]3C)c2)CC1. The number of esters is 1. The Balaban J connectivity index is 1.28. The van der Waals surface area contributed by atoms with Crippen LogP contribution >= 0.6 is 0 Å². The van der Waals surface area contributed by atoms with Crippen LogP contribution < -0.4 is 0 Å². The number of amides is 1. The van der Waals surface area contributed by atoms with Crippen molar-refractivity contribution in [1.82, 2.24) is 19.6 Å². The Labute approximate surface area is 285 Å². The highest BCUT2D eigenvalue weighted by atomic mass is 19.1. The molecule has 2 heterocycles. The summed E-state index contributed by atoms with van der Waals surface area (Å²) in [4.78, 5) is 34.8. The van der Waals surface area contributed by atoms with E-state index in [0.717, 1.165) is 68.7 Å². The molecule has 1 unspecified atom stereocenters. The summed E-state index contributed by atoms with van der Waals surface area (Å²) >= 11 is 0. The molecule has 2 aliphatic rings. The van der Waals surface area contributed by atoms with Gasteiger partial charge in [-0.1, -0.05) is 36.4 Å². The number of benzene rings is 3. The fourth-order valence-electron chi connectivity index (χ4n) is 7.20. The monoisotopic (exact) mass is 658 g/mol. The van der Waals surface area contributed by atoms with Crippen LogP contribution in [0.15, 0.2) is 72.8 Å². The van der Waals surface area contributed by atoms with Gasteiger partial charge in [-0.25, -0.2) is 4.39 Å². The van der Waals surface area contributed by atoms with E-state index in [1.54, 1.807) is 18.2 Å². The molecule has 3 atom stereocenters. The molecule has 0 aliphatic carbocycles. The van der Waals surface area contributed by atoms with Crippen molar-refractivity contribution >= 4 is 11.9 Å². The first-order valence-corrected chi connectivity index (χ1v) is 17.5. The first-order chi connectivity index (χ1) is 23.2. The van der Waals surface area contributed by atoms with Crippen molar-refractivity contribution in [2.75, 3.05) is 52.4 Å². The van der Waals surface area contributed by atoms with Crippen LogP contribution in [0.4, 0.5) is 4.39 Å². The summed E-state index contributed by atoms with van der Waals surface area (Å²) in [6.07, 6.45) is 3.10. The molecule has 1 N–H and O–H groups in total. The lowest BCUT2D eigenvalue weighted by Crippen LogP contribution is -2.56. The maximum absolute atomic E-state index is 13.9. The van der Waals surface area contributed by atoms with Gasteiger partial charge in [0.25, 0.3) is 5.91 Å². The molecule has 2 fully saturated rings. The smallest absolute Gasteiger partial charge is 0.305 e. The quantitative estimate of drug-likeness (QED) is 0.186. The molecule has 2 saturated heterocycles. The van der Waals surface area contributed by atoms with Gasteiger partial charge in [-0.3, -0.25) is 19.4 Å². The van der Waals surface area contributed by atoms with E-state index in [1.165, 1.54) is 6.07 Å². The number of piperazine rings is 1. The number of rotatable bonds is 12. The van der Waals surface area contributed by atoms with Crippen molar-refractivity contribution in [3.8, 4) is 5.75 Å². The van der Waals surface area contributed by atoms with Crippen molar-refractivity contribution in [2.24, 2.45) is 0 Å². The molecule has 258 valence electrons. The maximum atomic E-state index is 13.9. The van der Waals surface area contributed by atoms with Gasteiger partial charge >= 0.3 is 5.97 Å². The average Bonchev–Trinajstić information content (AvgIpc) is 3.31. The molecule has 48 heavy (non-hydrogen) atoms. The largest absolute Gasteiger partial charge is 0.508 e. The van der Waals surface area contributed by atoms with Crippen molar-refractivity contribution in [3.05, 3.63) is 101 Å². The molecule has 0 saturated carbocycles. The van der Waals surface area contributed by atoms with Crippen LogP contribution in [0.2, 0.25) is 0 Å². The standard InChI is InChI=1S/C39H51FN4O4/c1-4-48-37(46)17-5-6-18-41-19-10-20-42(22-21-41)39(47)34-14-8-12-32(24-34)38(33-13-9-16-36(45)25-33)44-27-29(2)43(26-30(44)3)28-31-11-7-15-35(40)23-31/h7-9,11-16,23-25,29-30,38,45H,4-6,10,17-22,26-28H2,1-3H3/t29-,30+,38?/m1/s1. The normalized spacial score (nSPS) is 20.3. The Morgan fingerprint density at radius 1 is 0.896 bits per heavy atom. The first-order valence-electron chi connectivity index (χ1n) is 17.5. The number of carbonyl (C=O) groups excluding carboxylic acids is 2. The van der Waals surface area contributed by atoms with E-state index in [0.29, 0.717) is 38.2 Å². The molecule has 3 aromatic rings. The van der Waals surface area contributed by atoms with Gasteiger partial charge in [0.1, 0.15) is 11.6 Å². The summed E-state index contributed by atoms with van der Waals surface area (Å²) in [5.74, 6) is -0.0986. The van der Waals surface area contributed by atoms with Gasteiger partial charge in [0.15, 0.2) is 0 Å². The fraction of sp³-hybridized carbons (Fsp3) is 0.487. The summed E-state index contributed by atoms with van der Waals surface area (Å²) in [6.45, 7) is 13.0. The molecule has 9 heteroatoms. The Morgan fingerprint density at radius 2 is 1.67 bits per heavy atom. The van der Waals surface area contributed by atoms with Crippen LogP contribution in [0.25, 0.3) is 0 Å². The van der Waals surface area contributed by atoms with Crippen molar-refractivity contribution < 1.29 is 23.8 Å². The summed E-state index contributed by atoms with van der Waals surface area (Å²) in [5.41, 5.74) is 3.63. The van der Waals surface area contributed by atoms with E-state index in [9.17, 15) is 19.1 Å². The zero-order valence-electron chi connectivity index (χ0n) is 28.7. The van der Waals surface area contributed by atoms with Crippen LogP contribution in [0, 0.1) is 5.82 Å². The molecular weight excluding hydrogens is 607 g/mol. The number of aromatic hydroxyl groups is 1. The van der Waals surface area contributed by atoms with Crippen molar-refractivity contribution in [2.45, 2.75) is 71.1 Å². The van der Waals surface area contributed by atoms with Crippen molar-refractivity contribution in [3.63, 3.8) is 0 Å². The minimum absolute atomic E-state index is 0.0389. The van der Waals surface area contributed by atoms with E-state index < -0.39 is 0 Å². The van der Waals surface area contributed by atoms with E-state index in [2.05, 4.69) is 34.6 Å². The third-order valence-corrected chi connectivity index (χ3v) is 9.69. The van der Waals surface area contributed by atoms with Crippen LogP contribution in [0.1, 0.15) is 79.5 Å². The Hall–Kier alpha value is -3.79. The molecule has 0 spiro atoms. The van der Waals surface area contributed by atoms with Gasteiger partial charge in [-0.15, -0.1) is 0 Å². The minimum atomic E-state index is -0.217. The molecular formula is C39H51FN4O4. The Bertz CT molecular complexity index is 1520. The topological polar surface area (TPSA) is 76.6 Å². The average molecular weight is 659 g/mol. The van der Waals surface area contributed by atoms with E-state index in [-0.39, 0.29) is 41.6 Å². The predicted octanol–water partition coefficient (Wildman–Crippen LogP) is 6.10. The maximum Gasteiger partial charge on any atom is 0.305 e. The van der Waals surface area contributed by atoms with Gasteiger partial charge in [-0.2, -0.15) is 0 Å². The number of phenolic OH excluding ortho intramolecular Hbond substituents is 1. The third-order valence-electron chi connectivity index (χ3n) is 9.69. The Morgan fingerprint density at radius 3 is 2.44 bits per heavy atom. The van der Waals surface area contributed by atoms with Gasteiger partial charge in [0.2, 0.25) is 0 Å². The van der Waals surface area contributed by atoms with Gasteiger partial charge in [-0.05, 0) is 106 Å². The summed E-state index contributed by atoms with van der Waals surface area (Å²) in [5, 5.41) is 10.5. The molecule has 5 rings (SSSR count). The second kappa shape index (κ2) is 17.0. The number of unbranched alkanes of at least 4 members (excludes halogenated alkanes) is 1. The van der Waals surface area contributed by atoms with E-state index in [4.69, 9.17) is 4.74 Å². The van der Waals surface area contributed by atoms with E-state index >= 15 is 0 Å². The predicted molar refractivity (Wildman–Crippen MR) is 186 cm³/mol. The highest BCUT2D eigenvalue weighted by Gasteiger charge is 2.35. The lowest BCUT2D eigenvalue weighted by atomic mass is 9.92. The molecule has 2 aliphatic heterocycles. The van der Waals surface area contributed by atoms with Crippen LogP contribution in [-0.4, -0.2) is 101 Å². The molecule has 1 amide bonds. The number of nitrogens with zero attached hydrogens (tertiary/aromatic N) is 4. The van der Waals surface area contributed by atoms with E-state index in [1.807, 2.05) is 54.3 Å². The Kier molecular flexibility index (Phi) is 12.6. The first kappa shape index (κ1) is 35.5.